The molecule has 0 radical (unpaired) electrons. The van der Waals surface area contributed by atoms with Gasteiger partial charge in [0.25, 0.3) is 0 Å². The van der Waals surface area contributed by atoms with E-state index in [0.29, 0.717) is 36.5 Å². The third-order valence-corrected chi connectivity index (χ3v) is 6.26. The molecule has 29 heavy (non-hydrogen) atoms. The highest BCUT2D eigenvalue weighted by molar-refractivity contribution is 7.08. The highest BCUT2D eigenvalue weighted by Crippen LogP contribution is 2.21. The molecule has 1 aliphatic heterocycles. The number of hydrogen-bond donors (Lipinski definition) is 0. The van der Waals surface area contributed by atoms with Crippen LogP contribution in [0, 0.1) is 0 Å². The third kappa shape index (κ3) is 4.45. The summed E-state index contributed by atoms with van der Waals surface area (Å²) in [5.74, 6) is 2.65. The van der Waals surface area contributed by atoms with Crippen LogP contribution in [0.2, 0.25) is 0 Å². The molecule has 0 N–H and O–H groups in total. The van der Waals surface area contributed by atoms with Crippen LogP contribution in [0.5, 0.6) is 0 Å². The van der Waals surface area contributed by atoms with Crippen molar-refractivity contribution in [2.45, 2.75) is 19.5 Å². The Labute approximate surface area is 175 Å². The van der Waals surface area contributed by atoms with Gasteiger partial charge in [0.05, 0.1) is 13.1 Å². The normalized spacial score (nSPS) is 16.3. The smallest absolute Gasteiger partial charge is 0.241 e. The fourth-order valence-corrected chi connectivity index (χ4v) is 4.65. The van der Waals surface area contributed by atoms with Gasteiger partial charge in [0.2, 0.25) is 23.4 Å². The number of nitrogens with zero attached hydrogens (tertiary/aromatic N) is 6. The van der Waals surface area contributed by atoms with Gasteiger partial charge in [-0.2, -0.15) is 32.6 Å². The molecule has 0 aliphatic carbocycles. The first kappa shape index (κ1) is 18.6. The highest BCUT2D eigenvalue weighted by Gasteiger charge is 2.20. The molecule has 10 heteroatoms. The van der Waals surface area contributed by atoms with Gasteiger partial charge >= 0.3 is 0 Å². The number of aromatic nitrogens is 4. The van der Waals surface area contributed by atoms with Gasteiger partial charge in [-0.3, -0.25) is 9.80 Å². The van der Waals surface area contributed by atoms with Crippen molar-refractivity contribution in [1.82, 2.24) is 30.1 Å². The zero-order valence-electron chi connectivity index (χ0n) is 15.7. The highest BCUT2D eigenvalue weighted by atomic mass is 32.1. The Hall–Kier alpha value is -2.40. The standard InChI is InChI=1S/C19H20N6O2S2/c1-4-24(10-16-20-18(22-26-16)14-2-8-28-12-14)6-7-25(5-1)11-17-21-19(23-27-17)15-3-9-29-13-15/h2-3,8-9,12-13H,1,4-7,10-11H2. The first-order valence-corrected chi connectivity index (χ1v) is 11.4. The van der Waals surface area contributed by atoms with E-state index in [4.69, 9.17) is 9.05 Å². The van der Waals surface area contributed by atoms with Crippen LogP contribution in [-0.4, -0.2) is 56.3 Å². The van der Waals surface area contributed by atoms with Crippen LogP contribution >= 0.6 is 22.7 Å². The van der Waals surface area contributed by atoms with E-state index in [0.717, 1.165) is 43.7 Å². The maximum atomic E-state index is 5.45. The van der Waals surface area contributed by atoms with Gasteiger partial charge in [0.15, 0.2) is 0 Å². The van der Waals surface area contributed by atoms with Crippen molar-refractivity contribution in [3.05, 3.63) is 45.4 Å². The maximum absolute atomic E-state index is 5.45. The Balaban J connectivity index is 1.16. The van der Waals surface area contributed by atoms with Crippen molar-refractivity contribution in [1.29, 1.82) is 0 Å². The number of rotatable bonds is 6. The second-order valence-electron chi connectivity index (χ2n) is 6.95. The molecule has 1 fully saturated rings. The van der Waals surface area contributed by atoms with Crippen LogP contribution in [0.1, 0.15) is 18.2 Å². The van der Waals surface area contributed by atoms with Crippen molar-refractivity contribution in [2.75, 3.05) is 26.2 Å². The van der Waals surface area contributed by atoms with Gasteiger partial charge in [-0.05, 0) is 42.4 Å². The predicted molar refractivity (Wildman–Crippen MR) is 110 cm³/mol. The predicted octanol–water partition coefficient (Wildman–Crippen LogP) is 3.62. The lowest BCUT2D eigenvalue weighted by Crippen LogP contribution is -2.30. The topological polar surface area (TPSA) is 84.3 Å². The largest absolute Gasteiger partial charge is 0.338 e. The summed E-state index contributed by atoms with van der Waals surface area (Å²) in [5, 5.41) is 16.3. The summed E-state index contributed by atoms with van der Waals surface area (Å²) in [6.07, 6.45) is 1.07. The summed E-state index contributed by atoms with van der Waals surface area (Å²) in [4.78, 5) is 13.8. The van der Waals surface area contributed by atoms with Gasteiger partial charge in [-0.15, -0.1) is 0 Å². The molecule has 1 saturated heterocycles. The molecular weight excluding hydrogens is 408 g/mol. The molecule has 0 bridgehead atoms. The van der Waals surface area contributed by atoms with E-state index in [-0.39, 0.29) is 0 Å². The lowest BCUT2D eigenvalue weighted by Gasteiger charge is -2.19. The Kier molecular flexibility index (Phi) is 5.48. The Bertz CT molecular complexity index is 945. The van der Waals surface area contributed by atoms with Gasteiger partial charge < -0.3 is 9.05 Å². The zero-order valence-corrected chi connectivity index (χ0v) is 17.4. The third-order valence-electron chi connectivity index (χ3n) is 4.89. The fourth-order valence-electron chi connectivity index (χ4n) is 3.38. The maximum Gasteiger partial charge on any atom is 0.241 e. The molecule has 4 aromatic rings. The van der Waals surface area contributed by atoms with Crippen molar-refractivity contribution >= 4 is 22.7 Å². The molecule has 4 aromatic heterocycles. The lowest BCUT2D eigenvalue weighted by atomic mass is 10.3. The molecule has 0 unspecified atom stereocenters. The average Bonchev–Trinajstić information content (AvgIpc) is 3.51. The van der Waals surface area contributed by atoms with E-state index >= 15 is 0 Å². The molecular formula is C19H20N6O2S2. The first-order valence-electron chi connectivity index (χ1n) is 9.48. The average molecular weight is 429 g/mol. The van der Waals surface area contributed by atoms with E-state index < -0.39 is 0 Å². The summed E-state index contributed by atoms with van der Waals surface area (Å²) >= 11 is 3.26. The van der Waals surface area contributed by atoms with Crippen LogP contribution in [0.15, 0.2) is 42.7 Å². The molecule has 0 atom stereocenters. The Morgan fingerprint density at radius 2 is 1.28 bits per heavy atom. The molecule has 1 aliphatic rings. The summed E-state index contributed by atoms with van der Waals surface area (Å²) in [7, 11) is 0. The second kappa shape index (κ2) is 8.54. The van der Waals surface area contributed by atoms with E-state index in [1.54, 1.807) is 22.7 Å². The van der Waals surface area contributed by atoms with E-state index in [2.05, 4.69) is 30.1 Å². The molecule has 0 aromatic carbocycles. The number of thiophene rings is 2. The van der Waals surface area contributed by atoms with Gasteiger partial charge in [0.1, 0.15) is 0 Å². The minimum Gasteiger partial charge on any atom is -0.338 e. The van der Waals surface area contributed by atoms with Gasteiger partial charge in [0, 0.05) is 35.0 Å². The monoisotopic (exact) mass is 428 g/mol. The summed E-state index contributed by atoms with van der Waals surface area (Å²) in [5.41, 5.74) is 2.02. The van der Waals surface area contributed by atoms with E-state index in [1.807, 2.05) is 33.7 Å². The Morgan fingerprint density at radius 3 is 1.72 bits per heavy atom. The van der Waals surface area contributed by atoms with Crippen LogP contribution in [0.4, 0.5) is 0 Å². The van der Waals surface area contributed by atoms with Crippen molar-refractivity contribution in [3.63, 3.8) is 0 Å². The molecule has 5 rings (SSSR count). The minimum absolute atomic E-state index is 0.663. The fraction of sp³-hybridized carbons (Fsp3) is 0.368. The van der Waals surface area contributed by atoms with Crippen molar-refractivity contribution < 1.29 is 9.05 Å². The minimum atomic E-state index is 0.663. The van der Waals surface area contributed by atoms with Crippen molar-refractivity contribution in [3.8, 4) is 22.8 Å². The van der Waals surface area contributed by atoms with Crippen LogP contribution in [-0.2, 0) is 13.1 Å². The van der Waals surface area contributed by atoms with E-state index in [9.17, 15) is 0 Å². The quantitative estimate of drug-likeness (QED) is 0.460. The number of hydrogen-bond acceptors (Lipinski definition) is 10. The van der Waals surface area contributed by atoms with Crippen LogP contribution < -0.4 is 0 Å². The van der Waals surface area contributed by atoms with Gasteiger partial charge in [-0.25, -0.2) is 0 Å². The SMILES string of the molecule is c1cc(-c2noc(CN3CCCN(Cc4nc(-c5ccsc5)no4)CC3)n2)cs1. The molecule has 150 valence electrons. The lowest BCUT2D eigenvalue weighted by molar-refractivity contribution is 0.210. The molecule has 0 saturated carbocycles. The van der Waals surface area contributed by atoms with Crippen LogP contribution in [0.25, 0.3) is 22.8 Å². The molecule has 8 nitrogen and oxygen atoms in total. The van der Waals surface area contributed by atoms with E-state index in [1.165, 1.54) is 0 Å². The summed E-state index contributed by atoms with van der Waals surface area (Å²) < 4.78 is 10.9. The molecule has 0 spiro atoms. The molecule has 5 heterocycles. The zero-order chi connectivity index (χ0) is 19.5. The Morgan fingerprint density at radius 1 is 0.759 bits per heavy atom. The van der Waals surface area contributed by atoms with Crippen molar-refractivity contribution in [2.24, 2.45) is 0 Å². The summed E-state index contributed by atoms with van der Waals surface area (Å²) in [6.45, 7) is 5.21. The molecule has 0 amide bonds. The first-order chi connectivity index (χ1) is 14.3. The second-order valence-corrected chi connectivity index (χ2v) is 8.51. The van der Waals surface area contributed by atoms with Crippen LogP contribution in [0.3, 0.4) is 0 Å². The summed E-state index contributed by atoms with van der Waals surface area (Å²) in [6, 6.07) is 4.01. The van der Waals surface area contributed by atoms with Gasteiger partial charge in [-0.1, -0.05) is 10.3 Å².